The van der Waals surface area contributed by atoms with E-state index in [4.69, 9.17) is 0 Å². The van der Waals surface area contributed by atoms with Crippen molar-refractivity contribution in [2.24, 2.45) is 0 Å². The third kappa shape index (κ3) is 3.04. The van der Waals surface area contributed by atoms with Crippen molar-refractivity contribution in [1.29, 1.82) is 0 Å². The maximum Gasteiger partial charge on any atom is 0.277 e. The molecule has 0 saturated carbocycles. The molecule has 0 N–H and O–H groups in total. The Labute approximate surface area is 181 Å². The summed E-state index contributed by atoms with van der Waals surface area (Å²) in [6.07, 6.45) is 1.70. The van der Waals surface area contributed by atoms with Crippen molar-refractivity contribution < 1.29 is 8.42 Å². The quantitative estimate of drug-likeness (QED) is 0.473. The Hall–Kier alpha value is -2.35. The van der Waals surface area contributed by atoms with Crippen LogP contribution in [0.15, 0.2) is 52.9 Å². The van der Waals surface area contributed by atoms with Crippen LogP contribution in [0.1, 0.15) is 11.1 Å². The Bertz CT molecular complexity index is 1360. The molecule has 5 nitrogen and oxygen atoms in total. The minimum atomic E-state index is -3.68. The lowest BCUT2D eigenvalue weighted by Crippen LogP contribution is -2.44. The number of aryl methyl sites for hydroxylation is 2. The summed E-state index contributed by atoms with van der Waals surface area (Å²) in [5.41, 5.74) is 3.81. The van der Waals surface area contributed by atoms with E-state index in [1.54, 1.807) is 6.20 Å². The van der Waals surface area contributed by atoms with Gasteiger partial charge in [-0.2, -0.15) is 8.42 Å². The van der Waals surface area contributed by atoms with Gasteiger partial charge >= 0.3 is 0 Å². The molecule has 0 amide bonds. The molecule has 1 aliphatic rings. The number of aromatic nitrogens is 1. The summed E-state index contributed by atoms with van der Waals surface area (Å²) >= 11 is 1.35. The Balaban J connectivity index is 1.63. The first-order valence-electron chi connectivity index (χ1n) is 10.1. The predicted octanol–water partition coefficient (Wildman–Crippen LogP) is 4.46. The summed E-state index contributed by atoms with van der Waals surface area (Å²) in [6, 6.07) is 14.0. The van der Waals surface area contributed by atoms with Crippen molar-refractivity contribution in [3.63, 3.8) is 0 Å². The molecule has 2 aromatic heterocycles. The number of thiophene rings is 1. The number of rotatable bonds is 3. The second-order valence-corrected chi connectivity index (χ2v) is 11.2. The van der Waals surface area contributed by atoms with Crippen molar-refractivity contribution in [3.8, 4) is 0 Å². The van der Waals surface area contributed by atoms with E-state index < -0.39 is 10.0 Å². The van der Waals surface area contributed by atoms with Gasteiger partial charge in [-0.15, -0.1) is 11.3 Å². The second kappa shape index (κ2) is 7.11. The molecule has 0 bridgehead atoms. The summed E-state index contributed by atoms with van der Waals surface area (Å²) in [5, 5.41) is 2.01. The number of anilines is 1. The summed E-state index contributed by atoms with van der Waals surface area (Å²) in [4.78, 5) is 4.67. The number of piperazine rings is 1. The number of hydrogen-bond acceptors (Lipinski definition) is 5. The molecule has 0 atom stereocenters. The molecule has 0 aliphatic carbocycles. The molecule has 1 saturated heterocycles. The minimum Gasteiger partial charge on any atom is -0.368 e. The lowest BCUT2D eigenvalue weighted by atomic mass is 10.1. The first-order chi connectivity index (χ1) is 14.4. The number of nitrogens with zero attached hydrogens (tertiary/aromatic N) is 3. The fourth-order valence-corrected chi connectivity index (χ4v) is 7.47. The van der Waals surface area contributed by atoms with E-state index in [2.05, 4.69) is 29.0 Å². The predicted molar refractivity (Wildman–Crippen MR) is 126 cm³/mol. The Morgan fingerprint density at radius 3 is 2.47 bits per heavy atom. The molecular formula is C23H25N3O2S2. The Morgan fingerprint density at radius 1 is 0.933 bits per heavy atom. The van der Waals surface area contributed by atoms with Crippen LogP contribution >= 0.6 is 11.3 Å². The van der Waals surface area contributed by atoms with Crippen molar-refractivity contribution in [2.45, 2.75) is 18.1 Å². The molecule has 1 fully saturated rings. The monoisotopic (exact) mass is 439 g/mol. The number of benzene rings is 2. The molecular weight excluding hydrogens is 414 g/mol. The van der Waals surface area contributed by atoms with Gasteiger partial charge in [0.25, 0.3) is 10.0 Å². The maximum absolute atomic E-state index is 13.7. The van der Waals surface area contributed by atoms with Gasteiger partial charge in [0.15, 0.2) is 0 Å². The zero-order valence-electron chi connectivity index (χ0n) is 17.4. The topological polar surface area (TPSA) is 45.6 Å². The lowest BCUT2D eigenvalue weighted by Gasteiger charge is -2.34. The van der Waals surface area contributed by atoms with Crippen LogP contribution in [-0.4, -0.2) is 50.5 Å². The summed E-state index contributed by atoms with van der Waals surface area (Å²) in [6.45, 7) is 7.85. The van der Waals surface area contributed by atoms with Crippen LogP contribution in [0.5, 0.6) is 0 Å². The number of fused-ring (bicyclic) bond motifs is 2. The highest BCUT2D eigenvalue weighted by Crippen LogP contribution is 2.37. The van der Waals surface area contributed by atoms with E-state index >= 15 is 0 Å². The van der Waals surface area contributed by atoms with Gasteiger partial charge in [-0.25, -0.2) is 3.97 Å². The second-order valence-electron chi connectivity index (χ2n) is 8.13. The van der Waals surface area contributed by atoms with Gasteiger partial charge in [0.2, 0.25) is 0 Å². The summed E-state index contributed by atoms with van der Waals surface area (Å²) < 4.78 is 30.2. The zero-order chi connectivity index (χ0) is 21.0. The molecule has 1 aliphatic heterocycles. The Kier molecular flexibility index (Phi) is 4.65. The van der Waals surface area contributed by atoms with Crippen molar-refractivity contribution in [1.82, 2.24) is 8.87 Å². The molecule has 4 aromatic rings. The molecule has 5 rings (SSSR count). The SMILES string of the molecule is Cc1ccc2sc(S(=O)(=O)n3ccc4c(N5CCN(C)CC5)cccc43)c(C)c2c1. The van der Waals surface area contributed by atoms with Gasteiger partial charge in [0, 0.05) is 48.1 Å². The van der Waals surface area contributed by atoms with Gasteiger partial charge in [-0.05, 0) is 56.1 Å². The fraction of sp³-hybridized carbons (Fsp3) is 0.304. The standard InChI is InChI=1S/C23H25N3O2S2/c1-16-7-8-22-19(15-16)17(2)23(29-22)30(27,28)26-10-9-18-20(5-4-6-21(18)26)25-13-11-24(3)12-14-25/h4-10,15H,11-14H2,1-3H3. The largest absolute Gasteiger partial charge is 0.368 e. The summed E-state index contributed by atoms with van der Waals surface area (Å²) in [5.74, 6) is 0. The third-order valence-electron chi connectivity index (χ3n) is 6.06. The van der Waals surface area contributed by atoms with Crippen LogP contribution in [0.4, 0.5) is 5.69 Å². The molecule has 0 unspecified atom stereocenters. The van der Waals surface area contributed by atoms with E-state index in [1.807, 2.05) is 44.2 Å². The van der Waals surface area contributed by atoms with Gasteiger partial charge in [-0.3, -0.25) is 0 Å². The molecule has 0 spiro atoms. The average molecular weight is 440 g/mol. The highest BCUT2D eigenvalue weighted by atomic mass is 32.2. The van der Waals surface area contributed by atoms with Crippen LogP contribution < -0.4 is 4.90 Å². The van der Waals surface area contributed by atoms with Crippen molar-refractivity contribution in [3.05, 3.63) is 59.8 Å². The molecule has 156 valence electrons. The average Bonchev–Trinajstić information content (AvgIpc) is 3.31. The van der Waals surface area contributed by atoms with Crippen LogP contribution in [0, 0.1) is 13.8 Å². The van der Waals surface area contributed by atoms with Gasteiger partial charge < -0.3 is 9.80 Å². The molecule has 30 heavy (non-hydrogen) atoms. The molecule has 7 heteroatoms. The number of hydrogen-bond donors (Lipinski definition) is 0. The van der Waals surface area contributed by atoms with E-state index in [0.717, 1.165) is 64.0 Å². The van der Waals surface area contributed by atoms with Crippen LogP contribution in [0.3, 0.4) is 0 Å². The van der Waals surface area contributed by atoms with Gasteiger partial charge in [0.1, 0.15) is 4.21 Å². The molecule has 2 aromatic carbocycles. The normalized spacial score (nSPS) is 16.0. The smallest absolute Gasteiger partial charge is 0.277 e. The van der Waals surface area contributed by atoms with Crippen molar-refractivity contribution >= 4 is 48.0 Å². The highest BCUT2D eigenvalue weighted by Gasteiger charge is 2.26. The van der Waals surface area contributed by atoms with Crippen LogP contribution in [0.2, 0.25) is 0 Å². The van der Waals surface area contributed by atoms with E-state index in [0.29, 0.717) is 4.21 Å². The third-order valence-corrected chi connectivity index (χ3v) is 9.62. The maximum atomic E-state index is 13.7. The minimum absolute atomic E-state index is 0.422. The first kappa shape index (κ1) is 19.6. The lowest BCUT2D eigenvalue weighted by molar-refractivity contribution is 0.313. The Morgan fingerprint density at radius 2 is 1.70 bits per heavy atom. The summed E-state index contributed by atoms with van der Waals surface area (Å²) in [7, 11) is -1.54. The van der Waals surface area contributed by atoms with Gasteiger partial charge in [0.05, 0.1) is 5.52 Å². The fourth-order valence-electron chi connectivity index (χ4n) is 4.31. The van der Waals surface area contributed by atoms with E-state index in [1.165, 1.54) is 15.3 Å². The van der Waals surface area contributed by atoms with E-state index in [9.17, 15) is 8.42 Å². The van der Waals surface area contributed by atoms with Crippen molar-refractivity contribution in [2.75, 3.05) is 38.1 Å². The van der Waals surface area contributed by atoms with Crippen LogP contribution in [-0.2, 0) is 10.0 Å². The molecule has 3 heterocycles. The highest BCUT2D eigenvalue weighted by molar-refractivity contribution is 7.92. The number of likely N-dealkylation sites (N-methyl/N-ethyl adjacent to an activating group) is 1. The zero-order valence-corrected chi connectivity index (χ0v) is 19.1. The first-order valence-corrected chi connectivity index (χ1v) is 12.4. The van der Waals surface area contributed by atoms with Gasteiger partial charge in [-0.1, -0.05) is 23.8 Å². The van der Waals surface area contributed by atoms with Crippen LogP contribution in [0.25, 0.3) is 21.0 Å². The van der Waals surface area contributed by atoms with E-state index in [-0.39, 0.29) is 0 Å². The molecule has 0 radical (unpaired) electrons.